The van der Waals surface area contributed by atoms with Gasteiger partial charge < -0.3 is 29.3 Å². The standard InChI is InChI=1S/C23H37N3O5/c1-16(2)11-19(23(28)31-6)24-22(27)15-26-9-7-25(8-10-26)14-18-13-21(30-5)20(29-4)12-17(18)3/h12-13,16,19H,7-11,14-15H2,1-6H3,(H,24,27)/p+2/t19-/m0/s1. The molecule has 1 amide bonds. The fourth-order valence-electron chi connectivity index (χ4n) is 4.09. The lowest BCUT2D eigenvalue weighted by atomic mass is 10.0. The molecule has 2 rings (SSSR count). The van der Waals surface area contributed by atoms with Crippen LogP contribution in [0, 0.1) is 12.8 Å². The number of piperazine rings is 1. The van der Waals surface area contributed by atoms with Gasteiger partial charge in [0.25, 0.3) is 5.91 Å². The van der Waals surface area contributed by atoms with Gasteiger partial charge in [0.05, 0.1) is 21.3 Å². The molecule has 8 nitrogen and oxygen atoms in total. The summed E-state index contributed by atoms with van der Waals surface area (Å²) in [5.41, 5.74) is 2.45. The minimum Gasteiger partial charge on any atom is -0.493 e. The Morgan fingerprint density at radius 1 is 1.00 bits per heavy atom. The number of hydrogen-bond acceptors (Lipinski definition) is 5. The van der Waals surface area contributed by atoms with E-state index in [-0.39, 0.29) is 11.9 Å². The highest BCUT2D eigenvalue weighted by Crippen LogP contribution is 2.29. The van der Waals surface area contributed by atoms with E-state index in [1.807, 2.05) is 19.9 Å². The fourth-order valence-corrected chi connectivity index (χ4v) is 4.09. The van der Waals surface area contributed by atoms with Gasteiger partial charge in [0.2, 0.25) is 0 Å². The van der Waals surface area contributed by atoms with Gasteiger partial charge in [-0.05, 0) is 37.0 Å². The molecule has 0 unspecified atom stereocenters. The number of hydrogen-bond donors (Lipinski definition) is 3. The average molecular weight is 438 g/mol. The maximum atomic E-state index is 12.5. The number of esters is 1. The van der Waals surface area contributed by atoms with Crippen molar-refractivity contribution in [3.63, 3.8) is 0 Å². The van der Waals surface area contributed by atoms with Crippen molar-refractivity contribution in [2.24, 2.45) is 5.92 Å². The fraction of sp³-hybridized carbons (Fsp3) is 0.652. The van der Waals surface area contributed by atoms with Crippen LogP contribution in [-0.4, -0.2) is 72.0 Å². The van der Waals surface area contributed by atoms with E-state index < -0.39 is 6.04 Å². The number of methoxy groups -OCH3 is 3. The summed E-state index contributed by atoms with van der Waals surface area (Å²) in [7, 11) is 4.66. The monoisotopic (exact) mass is 437 g/mol. The molecule has 1 aliphatic heterocycles. The first-order valence-corrected chi connectivity index (χ1v) is 11.0. The number of quaternary nitrogens is 2. The maximum absolute atomic E-state index is 12.5. The molecule has 1 aliphatic rings. The Morgan fingerprint density at radius 3 is 2.13 bits per heavy atom. The van der Waals surface area contributed by atoms with E-state index in [9.17, 15) is 9.59 Å². The summed E-state index contributed by atoms with van der Waals surface area (Å²) in [5.74, 6) is 1.33. The van der Waals surface area contributed by atoms with Crippen LogP contribution in [0.4, 0.5) is 0 Å². The van der Waals surface area contributed by atoms with Gasteiger partial charge in [-0.2, -0.15) is 0 Å². The van der Waals surface area contributed by atoms with Gasteiger partial charge in [-0.3, -0.25) is 4.79 Å². The number of carbonyl (C=O) groups is 2. The van der Waals surface area contributed by atoms with Gasteiger partial charge in [0.1, 0.15) is 38.8 Å². The summed E-state index contributed by atoms with van der Waals surface area (Å²) in [6.07, 6.45) is 0.580. The number of carbonyl (C=O) groups excluding carboxylic acids is 2. The zero-order chi connectivity index (χ0) is 23.0. The molecule has 1 fully saturated rings. The third-order valence-electron chi connectivity index (χ3n) is 5.89. The van der Waals surface area contributed by atoms with Crippen molar-refractivity contribution >= 4 is 11.9 Å². The molecule has 31 heavy (non-hydrogen) atoms. The van der Waals surface area contributed by atoms with Crippen molar-refractivity contribution in [1.82, 2.24) is 5.32 Å². The van der Waals surface area contributed by atoms with Crippen LogP contribution in [0.1, 0.15) is 31.4 Å². The molecule has 1 aromatic carbocycles. The van der Waals surface area contributed by atoms with E-state index in [0.29, 0.717) is 18.9 Å². The Hall–Kier alpha value is -2.32. The number of benzene rings is 1. The van der Waals surface area contributed by atoms with Gasteiger partial charge in [-0.25, -0.2) is 4.79 Å². The topological polar surface area (TPSA) is 82.7 Å². The first kappa shape index (κ1) is 24.9. The Balaban J connectivity index is 1.86. The number of aryl methyl sites for hydroxylation is 1. The predicted molar refractivity (Wildman–Crippen MR) is 118 cm³/mol. The van der Waals surface area contributed by atoms with Crippen LogP contribution in [0.25, 0.3) is 0 Å². The lowest BCUT2D eigenvalue weighted by Crippen LogP contribution is -3.28. The number of amides is 1. The second kappa shape index (κ2) is 11.9. The molecule has 1 atom stereocenters. The molecule has 0 spiro atoms. The summed E-state index contributed by atoms with van der Waals surface area (Å²) >= 11 is 0. The Labute approximate surface area is 185 Å². The predicted octanol–water partition coefficient (Wildman–Crippen LogP) is -1.00. The van der Waals surface area contributed by atoms with E-state index >= 15 is 0 Å². The smallest absolute Gasteiger partial charge is 0.328 e. The molecule has 1 heterocycles. The summed E-state index contributed by atoms with van der Waals surface area (Å²) in [6, 6.07) is 3.51. The van der Waals surface area contributed by atoms with Crippen LogP contribution in [0.3, 0.4) is 0 Å². The third-order valence-corrected chi connectivity index (χ3v) is 5.89. The molecule has 1 aromatic rings. The molecule has 3 N–H and O–H groups in total. The molecule has 0 aliphatic carbocycles. The molecular weight excluding hydrogens is 398 g/mol. The SMILES string of the molecule is COC(=O)[C@H](CC(C)C)NC(=O)C[NH+]1CC[NH+](Cc2cc(OC)c(OC)cc2C)CC1. The van der Waals surface area contributed by atoms with Gasteiger partial charge in [-0.1, -0.05) is 13.8 Å². The van der Waals surface area contributed by atoms with E-state index in [2.05, 4.69) is 18.3 Å². The molecule has 8 heteroatoms. The van der Waals surface area contributed by atoms with Crippen molar-refractivity contribution in [3.05, 3.63) is 23.3 Å². The molecule has 174 valence electrons. The van der Waals surface area contributed by atoms with Gasteiger partial charge in [-0.15, -0.1) is 0 Å². The minimum atomic E-state index is -0.572. The molecule has 1 saturated heterocycles. The van der Waals surface area contributed by atoms with E-state index in [1.165, 1.54) is 28.0 Å². The van der Waals surface area contributed by atoms with Crippen molar-refractivity contribution in [3.8, 4) is 11.5 Å². The van der Waals surface area contributed by atoms with E-state index in [0.717, 1.165) is 44.2 Å². The second-order valence-corrected chi connectivity index (χ2v) is 8.76. The zero-order valence-electron chi connectivity index (χ0n) is 19.8. The maximum Gasteiger partial charge on any atom is 0.328 e. The Kier molecular flexibility index (Phi) is 9.58. The lowest BCUT2D eigenvalue weighted by molar-refractivity contribution is -1.02. The molecule has 0 radical (unpaired) electrons. The van der Waals surface area contributed by atoms with Crippen molar-refractivity contribution in [2.75, 3.05) is 54.1 Å². The third kappa shape index (κ3) is 7.40. The van der Waals surface area contributed by atoms with Crippen LogP contribution in [0.15, 0.2) is 12.1 Å². The first-order valence-electron chi connectivity index (χ1n) is 11.0. The highest BCUT2D eigenvalue weighted by Gasteiger charge is 2.28. The van der Waals surface area contributed by atoms with Crippen LogP contribution < -0.4 is 24.6 Å². The number of rotatable bonds is 10. The Bertz CT molecular complexity index is 745. The second-order valence-electron chi connectivity index (χ2n) is 8.76. The van der Waals surface area contributed by atoms with Crippen LogP contribution in [-0.2, 0) is 20.9 Å². The van der Waals surface area contributed by atoms with Crippen LogP contribution in [0.2, 0.25) is 0 Å². The Morgan fingerprint density at radius 2 is 1.58 bits per heavy atom. The van der Waals surface area contributed by atoms with E-state index in [4.69, 9.17) is 14.2 Å². The highest BCUT2D eigenvalue weighted by molar-refractivity contribution is 5.84. The molecule has 0 saturated carbocycles. The molecular formula is C23H39N3O5+2. The molecule has 0 aromatic heterocycles. The van der Waals surface area contributed by atoms with Crippen LogP contribution >= 0.6 is 0 Å². The van der Waals surface area contributed by atoms with Gasteiger partial charge in [0.15, 0.2) is 18.0 Å². The van der Waals surface area contributed by atoms with Crippen LogP contribution in [0.5, 0.6) is 11.5 Å². The quantitative estimate of drug-likeness (QED) is 0.409. The van der Waals surface area contributed by atoms with Crippen molar-refractivity contribution < 1.29 is 33.6 Å². The number of nitrogens with one attached hydrogen (secondary N) is 3. The average Bonchev–Trinajstić information content (AvgIpc) is 2.74. The highest BCUT2D eigenvalue weighted by atomic mass is 16.5. The minimum absolute atomic E-state index is 0.0924. The van der Waals surface area contributed by atoms with E-state index in [1.54, 1.807) is 14.2 Å². The lowest BCUT2D eigenvalue weighted by Gasteiger charge is -2.30. The van der Waals surface area contributed by atoms with Gasteiger partial charge in [0, 0.05) is 5.56 Å². The summed E-state index contributed by atoms with van der Waals surface area (Å²) in [5, 5.41) is 2.86. The molecule has 0 bridgehead atoms. The van der Waals surface area contributed by atoms with Crippen molar-refractivity contribution in [2.45, 2.75) is 39.8 Å². The van der Waals surface area contributed by atoms with Gasteiger partial charge >= 0.3 is 5.97 Å². The summed E-state index contributed by atoms with van der Waals surface area (Å²) in [6.45, 7) is 11.3. The van der Waals surface area contributed by atoms with Crippen molar-refractivity contribution in [1.29, 1.82) is 0 Å². The zero-order valence-corrected chi connectivity index (χ0v) is 19.8. The first-order chi connectivity index (χ1) is 14.8. The summed E-state index contributed by atoms with van der Waals surface area (Å²) < 4.78 is 15.7. The number of ether oxygens (including phenoxy) is 3. The largest absolute Gasteiger partial charge is 0.493 e. The normalized spacial score (nSPS) is 19.6. The summed E-state index contributed by atoms with van der Waals surface area (Å²) in [4.78, 5) is 27.2.